The van der Waals surface area contributed by atoms with Crippen LogP contribution in [0.3, 0.4) is 0 Å². The number of carbonyl (C=O) groups is 1. The maximum absolute atomic E-state index is 12.0. The van der Waals surface area contributed by atoms with Gasteiger partial charge in [-0.2, -0.15) is 5.10 Å². The van der Waals surface area contributed by atoms with Crippen molar-refractivity contribution in [3.63, 3.8) is 0 Å². The number of nitrogens with one attached hydrogen (secondary N) is 2. The molecule has 1 atom stereocenters. The molecule has 0 spiro atoms. The first-order valence-corrected chi connectivity index (χ1v) is 7.63. The maximum atomic E-state index is 12.0. The highest BCUT2D eigenvalue weighted by Crippen LogP contribution is 2.16. The van der Waals surface area contributed by atoms with Gasteiger partial charge < -0.3 is 5.32 Å². The number of likely N-dealkylation sites (tertiary alicyclic amines) is 1. The number of hydrogen-bond acceptors (Lipinski definition) is 3. The van der Waals surface area contributed by atoms with Crippen LogP contribution in [0.4, 0.5) is 0 Å². The number of aromatic amines is 1. The van der Waals surface area contributed by atoms with Crippen molar-refractivity contribution in [3.05, 3.63) is 17.0 Å². The zero-order valence-electron chi connectivity index (χ0n) is 12.8. The lowest BCUT2D eigenvalue weighted by Crippen LogP contribution is -2.40. The van der Waals surface area contributed by atoms with E-state index in [2.05, 4.69) is 27.3 Å². The van der Waals surface area contributed by atoms with E-state index in [1.54, 1.807) is 0 Å². The monoisotopic (exact) mass is 278 g/mol. The molecule has 0 radical (unpaired) electrons. The molecule has 5 heteroatoms. The van der Waals surface area contributed by atoms with Crippen LogP contribution >= 0.6 is 0 Å². The maximum Gasteiger partial charge on any atom is 0.220 e. The van der Waals surface area contributed by atoms with Gasteiger partial charge in [-0.15, -0.1) is 0 Å². The van der Waals surface area contributed by atoms with Crippen molar-refractivity contribution in [3.8, 4) is 0 Å². The number of amides is 1. The lowest BCUT2D eigenvalue weighted by molar-refractivity contribution is -0.121. The number of H-pyrrole nitrogens is 1. The zero-order chi connectivity index (χ0) is 14.5. The molecule has 2 N–H and O–H groups in total. The van der Waals surface area contributed by atoms with Crippen molar-refractivity contribution < 1.29 is 4.79 Å². The number of nitrogens with zero attached hydrogens (tertiary/aromatic N) is 2. The molecule has 1 aromatic rings. The van der Waals surface area contributed by atoms with Crippen LogP contribution in [0.1, 0.15) is 43.1 Å². The lowest BCUT2D eigenvalue weighted by Gasteiger charge is -2.22. The lowest BCUT2D eigenvalue weighted by atomic mass is 10.1. The summed E-state index contributed by atoms with van der Waals surface area (Å²) in [4.78, 5) is 14.4. The van der Waals surface area contributed by atoms with Crippen LogP contribution in [0.25, 0.3) is 0 Å². The first-order chi connectivity index (χ1) is 9.61. The van der Waals surface area contributed by atoms with Gasteiger partial charge in [0.2, 0.25) is 5.91 Å². The van der Waals surface area contributed by atoms with Gasteiger partial charge in [0.1, 0.15) is 0 Å². The molecule has 0 unspecified atom stereocenters. The highest BCUT2D eigenvalue weighted by atomic mass is 16.1. The minimum atomic E-state index is 0.146. The van der Waals surface area contributed by atoms with Gasteiger partial charge in [0.25, 0.3) is 0 Å². The van der Waals surface area contributed by atoms with Gasteiger partial charge in [-0.05, 0) is 51.8 Å². The Labute approximate surface area is 121 Å². The van der Waals surface area contributed by atoms with E-state index in [0.29, 0.717) is 12.5 Å². The molecule has 1 aliphatic rings. The molecule has 20 heavy (non-hydrogen) atoms. The third-order valence-corrected chi connectivity index (χ3v) is 4.32. The van der Waals surface area contributed by atoms with Gasteiger partial charge in [0.05, 0.1) is 5.69 Å². The van der Waals surface area contributed by atoms with Crippen molar-refractivity contribution in [2.75, 3.05) is 19.6 Å². The van der Waals surface area contributed by atoms with E-state index >= 15 is 0 Å². The van der Waals surface area contributed by atoms with Gasteiger partial charge in [-0.1, -0.05) is 6.92 Å². The number of hydrogen-bond donors (Lipinski definition) is 2. The summed E-state index contributed by atoms with van der Waals surface area (Å²) >= 11 is 0. The third kappa shape index (κ3) is 3.60. The normalized spacial score (nSPS) is 19.4. The second kappa shape index (κ2) is 6.88. The molecule has 0 aromatic carbocycles. The van der Waals surface area contributed by atoms with Crippen molar-refractivity contribution in [2.24, 2.45) is 0 Å². The van der Waals surface area contributed by atoms with Crippen molar-refractivity contribution in [2.45, 2.75) is 52.5 Å². The minimum Gasteiger partial charge on any atom is -0.355 e. The summed E-state index contributed by atoms with van der Waals surface area (Å²) in [5.74, 6) is 0.146. The van der Waals surface area contributed by atoms with Gasteiger partial charge in [0.15, 0.2) is 0 Å². The molecule has 1 amide bonds. The highest BCUT2D eigenvalue weighted by molar-refractivity contribution is 5.76. The predicted molar refractivity (Wildman–Crippen MR) is 79.7 cm³/mol. The first kappa shape index (κ1) is 15.0. The van der Waals surface area contributed by atoms with E-state index in [4.69, 9.17) is 0 Å². The van der Waals surface area contributed by atoms with Crippen LogP contribution in [0.2, 0.25) is 0 Å². The molecule has 1 aliphatic heterocycles. The summed E-state index contributed by atoms with van der Waals surface area (Å²) in [7, 11) is 0. The number of rotatable bonds is 6. The summed E-state index contributed by atoms with van der Waals surface area (Å²) in [6.45, 7) is 9.21. The quantitative estimate of drug-likeness (QED) is 0.830. The van der Waals surface area contributed by atoms with Crippen LogP contribution in [0.15, 0.2) is 0 Å². The predicted octanol–water partition coefficient (Wildman–Crippen LogP) is 1.56. The fraction of sp³-hybridized carbons (Fsp3) is 0.733. The molecule has 0 bridgehead atoms. The second-order valence-corrected chi connectivity index (χ2v) is 5.64. The van der Waals surface area contributed by atoms with Gasteiger partial charge in [0, 0.05) is 24.7 Å². The van der Waals surface area contributed by atoms with Gasteiger partial charge >= 0.3 is 0 Å². The van der Waals surface area contributed by atoms with Gasteiger partial charge in [-0.3, -0.25) is 14.8 Å². The summed E-state index contributed by atoms with van der Waals surface area (Å²) in [6.07, 6.45) is 3.76. The van der Waals surface area contributed by atoms with Crippen molar-refractivity contribution in [1.29, 1.82) is 0 Å². The molecule has 2 heterocycles. The standard InChI is InChI=1S/C15H26N4O/c1-4-19-9-5-6-13(19)10-16-15(20)8-7-14-11(2)17-18-12(14)3/h13H,4-10H2,1-3H3,(H,16,20)(H,17,18)/t13-/m0/s1. The summed E-state index contributed by atoms with van der Waals surface area (Å²) in [5, 5.41) is 10.2. The van der Waals surface area contributed by atoms with E-state index in [-0.39, 0.29) is 5.91 Å². The molecule has 2 rings (SSSR count). The van der Waals surface area contributed by atoms with Crippen molar-refractivity contribution in [1.82, 2.24) is 20.4 Å². The van der Waals surface area contributed by atoms with Gasteiger partial charge in [-0.25, -0.2) is 0 Å². The summed E-state index contributed by atoms with van der Waals surface area (Å²) in [5.41, 5.74) is 3.25. The Morgan fingerprint density at radius 3 is 2.95 bits per heavy atom. The molecular formula is C15H26N4O. The Morgan fingerprint density at radius 1 is 1.50 bits per heavy atom. The summed E-state index contributed by atoms with van der Waals surface area (Å²) < 4.78 is 0. The van der Waals surface area contributed by atoms with Crippen LogP contribution in [-0.2, 0) is 11.2 Å². The molecule has 1 saturated heterocycles. The number of aromatic nitrogens is 2. The minimum absolute atomic E-state index is 0.146. The number of carbonyl (C=O) groups excluding carboxylic acids is 1. The molecule has 1 aromatic heterocycles. The highest BCUT2D eigenvalue weighted by Gasteiger charge is 2.23. The van der Waals surface area contributed by atoms with Crippen LogP contribution < -0.4 is 5.32 Å². The average molecular weight is 278 g/mol. The zero-order valence-corrected chi connectivity index (χ0v) is 12.8. The molecule has 0 aliphatic carbocycles. The van der Waals surface area contributed by atoms with Crippen LogP contribution in [-0.4, -0.2) is 46.7 Å². The molecule has 5 nitrogen and oxygen atoms in total. The summed E-state index contributed by atoms with van der Waals surface area (Å²) in [6, 6.07) is 0.529. The SMILES string of the molecule is CCN1CCC[C@H]1CNC(=O)CCc1c(C)n[nH]c1C. The van der Waals surface area contributed by atoms with E-state index < -0.39 is 0 Å². The Hall–Kier alpha value is -1.36. The Balaban J connectivity index is 1.73. The Morgan fingerprint density at radius 2 is 2.30 bits per heavy atom. The first-order valence-electron chi connectivity index (χ1n) is 7.63. The van der Waals surface area contributed by atoms with Crippen molar-refractivity contribution >= 4 is 5.91 Å². The number of likely N-dealkylation sites (N-methyl/N-ethyl adjacent to an activating group) is 1. The molecule has 112 valence electrons. The van der Waals surface area contributed by atoms with E-state index in [0.717, 1.165) is 30.9 Å². The van der Waals surface area contributed by atoms with E-state index in [1.807, 2.05) is 13.8 Å². The third-order valence-electron chi connectivity index (χ3n) is 4.32. The fourth-order valence-corrected chi connectivity index (χ4v) is 3.04. The second-order valence-electron chi connectivity index (χ2n) is 5.64. The Bertz CT molecular complexity index is 435. The molecule has 0 saturated carbocycles. The largest absolute Gasteiger partial charge is 0.355 e. The van der Waals surface area contributed by atoms with E-state index in [1.165, 1.54) is 24.9 Å². The average Bonchev–Trinajstić information content (AvgIpc) is 3.01. The smallest absolute Gasteiger partial charge is 0.220 e. The number of aryl methyl sites for hydroxylation is 2. The topological polar surface area (TPSA) is 61.0 Å². The van der Waals surface area contributed by atoms with Crippen LogP contribution in [0, 0.1) is 13.8 Å². The Kier molecular flexibility index (Phi) is 5.17. The molecule has 1 fully saturated rings. The van der Waals surface area contributed by atoms with Crippen LogP contribution in [0.5, 0.6) is 0 Å². The fourth-order valence-electron chi connectivity index (χ4n) is 3.04. The molecular weight excluding hydrogens is 252 g/mol. The van der Waals surface area contributed by atoms with E-state index in [9.17, 15) is 4.79 Å².